The average Bonchev–Trinajstić information content (AvgIpc) is 3.26. The minimum atomic E-state index is -4.16. The summed E-state index contributed by atoms with van der Waals surface area (Å²) in [4.78, 5) is 82.3. The van der Waals surface area contributed by atoms with Crippen molar-refractivity contribution in [1.82, 2.24) is 40.0 Å². The number of carbonyl (C=O) groups is 4. The highest BCUT2D eigenvalue weighted by molar-refractivity contribution is 7.58. The SMILES string of the molecule is CCN(CC)CC.CCN(CC)CC.CCN(CC)CC.CN(Cc1cnc2nc(N)nc(N)c2n1)c1ccc(C(=O)N[C@@H](CCP(=O)(O)C[C@H](CCC(=O)O)C(=O)O)C(=O)O)cc1. The van der Waals surface area contributed by atoms with E-state index in [0.717, 1.165) is 0 Å². The summed E-state index contributed by atoms with van der Waals surface area (Å²) in [5.41, 5.74) is 13.4. The lowest BCUT2D eigenvalue weighted by Crippen LogP contribution is -2.41. The van der Waals surface area contributed by atoms with Crippen LogP contribution in [0.4, 0.5) is 17.5 Å². The number of carboxylic acid groups (broad SMARTS) is 3. The number of fused-ring (bicyclic) bond motifs is 1. The molecule has 2 aromatic heterocycles. The van der Waals surface area contributed by atoms with Crippen molar-refractivity contribution in [2.24, 2.45) is 5.92 Å². The van der Waals surface area contributed by atoms with Gasteiger partial charge in [-0.3, -0.25) is 18.9 Å². The molecule has 20 nitrogen and oxygen atoms in total. The topological polar surface area (TPSA) is 295 Å². The molecule has 0 bridgehead atoms. The van der Waals surface area contributed by atoms with Crippen molar-refractivity contribution in [3.05, 3.63) is 41.7 Å². The van der Waals surface area contributed by atoms with Gasteiger partial charge in [-0.25, -0.2) is 14.8 Å². The van der Waals surface area contributed by atoms with Crippen molar-refractivity contribution in [2.75, 3.05) is 94.6 Å². The number of carbonyl (C=O) groups excluding carboxylic acids is 1. The Labute approximate surface area is 379 Å². The van der Waals surface area contributed by atoms with E-state index in [1.165, 1.54) is 77.2 Å². The zero-order chi connectivity index (χ0) is 49.0. The molecule has 64 heavy (non-hydrogen) atoms. The number of nitrogens with one attached hydrogen (secondary N) is 1. The van der Waals surface area contributed by atoms with Crippen LogP contribution >= 0.6 is 7.37 Å². The molecule has 0 aliphatic heterocycles. The van der Waals surface area contributed by atoms with Crippen LogP contribution in [0.15, 0.2) is 30.5 Å². The maximum atomic E-state index is 12.7. The first-order valence-electron chi connectivity index (χ1n) is 22.0. The Bertz CT molecular complexity index is 1840. The molecule has 2 heterocycles. The summed E-state index contributed by atoms with van der Waals surface area (Å²) in [6.07, 6.45) is -1.09. The highest BCUT2D eigenvalue weighted by atomic mass is 31.2. The number of amides is 1. The van der Waals surface area contributed by atoms with Gasteiger partial charge in [0.2, 0.25) is 13.3 Å². The van der Waals surface area contributed by atoms with Crippen LogP contribution in [0.2, 0.25) is 0 Å². The van der Waals surface area contributed by atoms with Crippen molar-refractivity contribution >= 4 is 59.8 Å². The first kappa shape index (κ1) is 59.0. The standard InChI is InChI=1S/C25H31N8O9P.3C6H15N/c1-33(11-15-10-28-21-19(29-15)20(26)31-25(27)32-21)16-5-2-13(3-6-16)22(36)30-17(24(39)40)8-9-43(41,42)12-14(23(37)38)4-7-18(34)35;3*1-4-7(5-2)6-3/h2-3,5-6,10,14,17H,4,7-9,11-12H2,1H3,(H,30,36)(H,34,35)(H,37,38)(H,39,40)(H,41,42)(H4,26,27,28,31,32);3*4-6H2,1-3H3/t14-,17-;;;/m0.../s1. The molecule has 0 fully saturated rings. The number of nitrogen functional groups attached to an aromatic ring is 2. The van der Waals surface area contributed by atoms with Crippen LogP contribution in [-0.2, 0) is 25.5 Å². The minimum Gasteiger partial charge on any atom is -0.481 e. The Balaban J connectivity index is 0.00000155. The molecular weight excluding hydrogens is 846 g/mol. The minimum absolute atomic E-state index is 0.0183. The van der Waals surface area contributed by atoms with Gasteiger partial charge in [0, 0.05) is 37.0 Å². The van der Waals surface area contributed by atoms with Gasteiger partial charge < -0.3 is 56.6 Å². The van der Waals surface area contributed by atoms with E-state index in [0.29, 0.717) is 23.4 Å². The molecule has 0 radical (unpaired) electrons. The number of aromatic nitrogens is 4. The van der Waals surface area contributed by atoms with Gasteiger partial charge in [0.25, 0.3) is 5.91 Å². The number of hydrogen-bond donors (Lipinski definition) is 7. The summed E-state index contributed by atoms with van der Waals surface area (Å²) >= 11 is 0. The Kier molecular flexibility index (Phi) is 29.3. The largest absolute Gasteiger partial charge is 0.481 e. The lowest BCUT2D eigenvalue weighted by atomic mass is 10.1. The first-order chi connectivity index (χ1) is 30.2. The Morgan fingerprint density at radius 1 is 0.719 bits per heavy atom. The average molecular weight is 922 g/mol. The second-order valence-electron chi connectivity index (χ2n) is 14.6. The molecule has 1 unspecified atom stereocenters. The van der Waals surface area contributed by atoms with Gasteiger partial charge in [0.15, 0.2) is 17.0 Å². The number of anilines is 3. The fourth-order valence-electron chi connectivity index (χ4n) is 6.13. The molecule has 3 aromatic rings. The molecule has 0 saturated heterocycles. The van der Waals surface area contributed by atoms with Gasteiger partial charge in [-0.2, -0.15) is 9.97 Å². The van der Waals surface area contributed by atoms with Crippen molar-refractivity contribution in [3.8, 4) is 0 Å². The number of nitrogens with zero attached hydrogens (tertiary/aromatic N) is 8. The quantitative estimate of drug-likeness (QED) is 0.0601. The van der Waals surface area contributed by atoms with E-state index in [9.17, 15) is 38.8 Å². The summed E-state index contributed by atoms with van der Waals surface area (Å²) in [7, 11) is -2.39. The van der Waals surface area contributed by atoms with Crippen LogP contribution in [0, 0.1) is 5.92 Å². The van der Waals surface area contributed by atoms with Gasteiger partial charge in [0.1, 0.15) is 6.04 Å². The van der Waals surface area contributed by atoms with Gasteiger partial charge >= 0.3 is 17.9 Å². The number of rotatable bonds is 24. The van der Waals surface area contributed by atoms with E-state index >= 15 is 0 Å². The Morgan fingerprint density at radius 3 is 1.61 bits per heavy atom. The maximum absolute atomic E-state index is 12.7. The van der Waals surface area contributed by atoms with Crippen LogP contribution in [0.1, 0.15) is 97.6 Å². The molecule has 1 aromatic carbocycles. The number of nitrogens with two attached hydrogens (primary N) is 2. The number of carboxylic acids is 3. The van der Waals surface area contributed by atoms with Gasteiger partial charge in [0.05, 0.1) is 24.4 Å². The van der Waals surface area contributed by atoms with E-state index in [-0.39, 0.29) is 29.4 Å². The molecule has 3 atom stereocenters. The summed E-state index contributed by atoms with van der Waals surface area (Å²) in [5.74, 6) is -6.18. The van der Waals surface area contributed by atoms with Gasteiger partial charge in [-0.1, -0.05) is 62.3 Å². The van der Waals surface area contributed by atoms with Crippen LogP contribution in [0.25, 0.3) is 11.2 Å². The molecule has 21 heteroatoms. The number of benzene rings is 1. The Morgan fingerprint density at radius 2 is 1.20 bits per heavy atom. The Hall–Kier alpha value is -5.01. The van der Waals surface area contributed by atoms with Crippen LogP contribution in [0.5, 0.6) is 0 Å². The third-order valence-corrected chi connectivity index (χ3v) is 12.4. The molecule has 1 amide bonds. The van der Waals surface area contributed by atoms with Crippen molar-refractivity contribution in [1.29, 1.82) is 0 Å². The predicted molar refractivity (Wildman–Crippen MR) is 254 cm³/mol. The summed E-state index contributed by atoms with van der Waals surface area (Å²) in [6, 6.07) is 4.66. The summed E-state index contributed by atoms with van der Waals surface area (Å²) in [6.45, 7) is 30.7. The zero-order valence-electron chi connectivity index (χ0n) is 39.7. The molecule has 0 spiro atoms. The molecule has 362 valence electrons. The molecule has 0 saturated carbocycles. The zero-order valence-corrected chi connectivity index (χ0v) is 40.6. The predicted octanol–water partition coefficient (Wildman–Crippen LogP) is 4.67. The molecular formula is C43H76N11O9P. The van der Waals surface area contributed by atoms with Crippen molar-refractivity contribution < 1.29 is 44.0 Å². The smallest absolute Gasteiger partial charge is 0.326 e. The second kappa shape index (κ2) is 31.8. The van der Waals surface area contributed by atoms with Gasteiger partial charge in [-0.15, -0.1) is 0 Å². The van der Waals surface area contributed by atoms with Crippen LogP contribution in [0.3, 0.4) is 0 Å². The van der Waals surface area contributed by atoms with E-state index < -0.39 is 68.3 Å². The highest BCUT2D eigenvalue weighted by Gasteiger charge is 2.31. The lowest BCUT2D eigenvalue weighted by molar-refractivity contribution is -0.142. The second-order valence-corrected chi connectivity index (χ2v) is 17.1. The molecule has 9 N–H and O–H groups in total. The van der Waals surface area contributed by atoms with Crippen LogP contribution in [-0.4, -0.2) is 163 Å². The van der Waals surface area contributed by atoms with E-state index in [1.54, 1.807) is 19.2 Å². The molecule has 0 aliphatic rings. The normalized spacial score (nSPS) is 12.7. The van der Waals surface area contributed by atoms with Crippen molar-refractivity contribution in [2.45, 2.75) is 94.2 Å². The van der Waals surface area contributed by atoms with Crippen molar-refractivity contribution in [3.63, 3.8) is 0 Å². The third-order valence-electron chi connectivity index (χ3n) is 10.4. The fourth-order valence-corrected chi connectivity index (χ4v) is 8.00. The monoisotopic (exact) mass is 922 g/mol. The maximum Gasteiger partial charge on any atom is 0.326 e. The third kappa shape index (κ3) is 23.1. The first-order valence-corrected chi connectivity index (χ1v) is 24.0. The molecule has 3 rings (SSSR count). The lowest BCUT2D eigenvalue weighted by Gasteiger charge is -2.20. The van der Waals surface area contributed by atoms with E-state index in [1.807, 2.05) is 4.90 Å². The molecule has 0 aliphatic carbocycles. The van der Waals surface area contributed by atoms with E-state index in [4.69, 9.17) is 16.6 Å². The van der Waals surface area contributed by atoms with E-state index in [2.05, 4.69) is 102 Å². The number of hydrogen-bond acceptors (Lipinski definition) is 15. The number of aliphatic carboxylic acids is 3. The summed E-state index contributed by atoms with van der Waals surface area (Å²) in [5, 5.41) is 29.9. The van der Waals surface area contributed by atoms with Gasteiger partial charge in [-0.05, 0) is 96.0 Å². The fraction of sp³-hybridized carbons (Fsp3) is 0.628. The summed E-state index contributed by atoms with van der Waals surface area (Å²) < 4.78 is 12.6. The highest BCUT2D eigenvalue weighted by Crippen LogP contribution is 2.44. The van der Waals surface area contributed by atoms with Crippen LogP contribution < -0.4 is 21.7 Å².